The Labute approximate surface area is 122 Å². The van der Waals surface area contributed by atoms with E-state index in [0.717, 1.165) is 9.80 Å². The van der Waals surface area contributed by atoms with Crippen LogP contribution in [0.3, 0.4) is 0 Å². The first-order valence-electron chi connectivity index (χ1n) is 6.93. The van der Waals surface area contributed by atoms with Crippen molar-refractivity contribution in [3.8, 4) is 0 Å². The maximum absolute atomic E-state index is 12.2. The Kier molecular flexibility index (Phi) is 6.13. The maximum atomic E-state index is 12.2. The highest BCUT2D eigenvalue weighted by Crippen LogP contribution is 2.18. The summed E-state index contributed by atoms with van der Waals surface area (Å²) in [7, 11) is 0. The van der Waals surface area contributed by atoms with E-state index in [1.54, 1.807) is 6.92 Å². The van der Waals surface area contributed by atoms with Gasteiger partial charge >= 0.3 is 23.8 Å². The summed E-state index contributed by atoms with van der Waals surface area (Å²) >= 11 is 0. The first-order valence-corrected chi connectivity index (χ1v) is 6.93. The summed E-state index contributed by atoms with van der Waals surface area (Å²) in [6.07, 6.45) is 2.13. The lowest BCUT2D eigenvalue weighted by Gasteiger charge is -2.33. The van der Waals surface area contributed by atoms with Gasteiger partial charge < -0.3 is 20.0 Å². The zero-order valence-electron chi connectivity index (χ0n) is 11.9. The lowest BCUT2D eigenvalue weighted by atomic mass is 10.0. The lowest BCUT2D eigenvalue weighted by molar-refractivity contribution is -0.160. The van der Waals surface area contributed by atoms with Crippen LogP contribution in [0.15, 0.2) is 0 Å². The number of hydrogen-bond acceptors (Lipinski definition) is 4. The fourth-order valence-electron chi connectivity index (χ4n) is 2.38. The summed E-state index contributed by atoms with van der Waals surface area (Å²) in [6.45, 7) is 1.54. The van der Waals surface area contributed by atoms with Crippen LogP contribution < -0.4 is 0 Å². The number of hydrogen-bond donors (Lipinski definition) is 2. The average molecular weight is 300 g/mol. The Morgan fingerprint density at radius 2 is 1.86 bits per heavy atom. The Bertz CT molecular complexity index is 436. The molecule has 0 bridgehead atoms. The van der Waals surface area contributed by atoms with Gasteiger partial charge in [0.2, 0.25) is 0 Å². The topological polar surface area (TPSA) is 115 Å². The Morgan fingerprint density at radius 3 is 2.38 bits per heavy atom. The molecule has 8 nitrogen and oxygen atoms in total. The molecule has 0 aromatic heterocycles. The van der Waals surface area contributed by atoms with Crippen molar-refractivity contribution in [3.05, 3.63) is 0 Å². The largest absolute Gasteiger partial charge is 0.480 e. The van der Waals surface area contributed by atoms with Crippen LogP contribution >= 0.6 is 0 Å². The monoisotopic (exact) mass is 300 g/mol. The number of amides is 2. The molecule has 21 heavy (non-hydrogen) atoms. The zero-order valence-corrected chi connectivity index (χ0v) is 11.9. The summed E-state index contributed by atoms with van der Waals surface area (Å²) in [6, 6.07) is -1.01. The SMILES string of the molecule is CCCN(CC(=O)O)C(=O)C(=O)N1CCCC[C@H]1C(=O)O. The normalized spacial score (nSPS) is 18.1. The molecule has 1 atom stereocenters. The summed E-state index contributed by atoms with van der Waals surface area (Å²) in [5.41, 5.74) is 0. The molecule has 0 radical (unpaired) electrons. The molecule has 118 valence electrons. The van der Waals surface area contributed by atoms with Crippen LogP contribution in [0.1, 0.15) is 32.6 Å². The molecule has 0 aromatic carbocycles. The predicted octanol–water partition coefficient (Wildman–Crippen LogP) is -0.225. The third kappa shape index (κ3) is 4.44. The molecule has 1 aliphatic heterocycles. The molecule has 1 aliphatic rings. The fourth-order valence-corrected chi connectivity index (χ4v) is 2.38. The summed E-state index contributed by atoms with van der Waals surface area (Å²) in [5, 5.41) is 17.9. The third-order valence-electron chi connectivity index (χ3n) is 3.34. The second kappa shape index (κ2) is 7.61. The van der Waals surface area contributed by atoms with Crippen molar-refractivity contribution in [3.63, 3.8) is 0 Å². The van der Waals surface area contributed by atoms with Crippen LogP contribution in [0, 0.1) is 0 Å². The van der Waals surface area contributed by atoms with Crippen LogP contribution in [-0.2, 0) is 19.2 Å². The quantitative estimate of drug-likeness (QED) is 0.678. The van der Waals surface area contributed by atoms with Gasteiger partial charge in [0.25, 0.3) is 0 Å². The molecule has 1 saturated heterocycles. The van der Waals surface area contributed by atoms with E-state index in [4.69, 9.17) is 10.2 Å². The number of rotatable bonds is 5. The van der Waals surface area contributed by atoms with Crippen LogP contribution in [0.5, 0.6) is 0 Å². The smallest absolute Gasteiger partial charge is 0.326 e. The Hall–Kier alpha value is -2.12. The van der Waals surface area contributed by atoms with Gasteiger partial charge in [0.1, 0.15) is 12.6 Å². The molecule has 8 heteroatoms. The molecule has 0 saturated carbocycles. The maximum Gasteiger partial charge on any atom is 0.326 e. The number of carbonyl (C=O) groups excluding carboxylic acids is 2. The van der Waals surface area contributed by atoms with Crippen LogP contribution in [-0.4, -0.2) is 69.4 Å². The second-order valence-corrected chi connectivity index (χ2v) is 4.97. The fraction of sp³-hybridized carbons (Fsp3) is 0.692. The van der Waals surface area contributed by atoms with Crippen molar-refractivity contribution in [2.24, 2.45) is 0 Å². The number of likely N-dealkylation sites (tertiary alicyclic amines) is 1. The summed E-state index contributed by atoms with van der Waals surface area (Å²) in [5.74, 6) is -4.24. The number of nitrogens with zero attached hydrogens (tertiary/aromatic N) is 2. The van der Waals surface area contributed by atoms with E-state index < -0.39 is 36.3 Å². The van der Waals surface area contributed by atoms with E-state index in [2.05, 4.69) is 0 Å². The second-order valence-electron chi connectivity index (χ2n) is 4.97. The van der Waals surface area contributed by atoms with Gasteiger partial charge in [0.15, 0.2) is 0 Å². The molecule has 0 spiro atoms. The first-order chi connectivity index (χ1) is 9.88. The molecule has 0 aliphatic carbocycles. The van der Waals surface area contributed by atoms with Gasteiger partial charge in [-0.25, -0.2) is 4.79 Å². The third-order valence-corrected chi connectivity index (χ3v) is 3.34. The first kappa shape index (κ1) is 16.9. The van der Waals surface area contributed by atoms with E-state index >= 15 is 0 Å². The van der Waals surface area contributed by atoms with Crippen LogP contribution in [0.4, 0.5) is 0 Å². The van der Waals surface area contributed by atoms with Gasteiger partial charge in [0, 0.05) is 13.1 Å². The molecule has 0 aromatic rings. The molecule has 1 rings (SSSR count). The van der Waals surface area contributed by atoms with Gasteiger partial charge in [-0.15, -0.1) is 0 Å². The minimum atomic E-state index is -1.21. The van der Waals surface area contributed by atoms with E-state index in [1.165, 1.54) is 0 Å². The van der Waals surface area contributed by atoms with Crippen LogP contribution in [0.2, 0.25) is 0 Å². The van der Waals surface area contributed by atoms with Crippen molar-refractivity contribution in [2.45, 2.75) is 38.6 Å². The van der Waals surface area contributed by atoms with Gasteiger partial charge in [0.05, 0.1) is 0 Å². The molecule has 0 unspecified atom stereocenters. The van der Waals surface area contributed by atoms with Crippen molar-refractivity contribution < 1.29 is 29.4 Å². The zero-order chi connectivity index (χ0) is 16.0. The molecule has 2 N–H and O–H groups in total. The minimum absolute atomic E-state index is 0.141. The van der Waals surface area contributed by atoms with E-state index in [9.17, 15) is 19.2 Å². The Morgan fingerprint density at radius 1 is 1.19 bits per heavy atom. The molecule has 2 amide bonds. The van der Waals surface area contributed by atoms with Gasteiger partial charge in [-0.3, -0.25) is 14.4 Å². The lowest BCUT2D eigenvalue weighted by Crippen LogP contribution is -2.54. The molecule has 1 heterocycles. The van der Waals surface area contributed by atoms with Crippen molar-refractivity contribution in [2.75, 3.05) is 19.6 Å². The molecule has 1 fully saturated rings. The van der Waals surface area contributed by atoms with Crippen molar-refractivity contribution in [1.82, 2.24) is 9.80 Å². The highest BCUT2D eigenvalue weighted by molar-refractivity contribution is 6.35. The number of piperidine rings is 1. The average Bonchev–Trinajstić information content (AvgIpc) is 2.44. The van der Waals surface area contributed by atoms with Crippen LogP contribution in [0.25, 0.3) is 0 Å². The van der Waals surface area contributed by atoms with Gasteiger partial charge in [-0.2, -0.15) is 0 Å². The number of carboxylic acids is 2. The Balaban J connectivity index is 2.84. The predicted molar refractivity (Wildman–Crippen MR) is 71.5 cm³/mol. The van der Waals surface area contributed by atoms with Gasteiger partial charge in [-0.1, -0.05) is 6.92 Å². The minimum Gasteiger partial charge on any atom is -0.480 e. The number of aliphatic carboxylic acids is 2. The highest BCUT2D eigenvalue weighted by Gasteiger charge is 2.36. The van der Waals surface area contributed by atoms with Crippen molar-refractivity contribution >= 4 is 23.8 Å². The van der Waals surface area contributed by atoms with E-state index in [-0.39, 0.29) is 13.1 Å². The summed E-state index contributed by atoms with van der Waals surface area (Å²) in [4.78, 5) is 48.2. The molecular weight excluding hydrogens is 280 g/mol. The summed E-state index contributed by atoms with van der Waals surface area (Å²) < 4.78 is 0. The van der Waals surface area contributed by atoms with E-state index in [0.29, 0.717) is 25.7 Å². The number of carboxylic acid groups (broad SMARTS) is 2. The van der Waals surface area contributed by atoms with Crippen molar-refractivity contribution in [1.29, 1.82) is 0 Å². The number of carbonyl (C=O) groups is 4. The van der Waals surface area contributed by atoms with Gasteiger partial charge in [-0.05, 0) is 25.7 Å². The molecular formula is C13H20N2O6. The van der Waals surface area contributed by atoms with E-state index in [1.807, 2.05) is 0 Å². The standard InChI is InChI=1S/C13H20N2O6/c1-2-6-14(8-10(16)17)11(18)12(19)15-7-4-3-5-9(15)13(20)21/h9H,2-8H2,1H3,(H,16,17)(H,20,21)/t9-/m0/s1. The highest BCUT2D eigenvalue weighted by atomic mass is 16.4.